The first kappa shape index (κ1) is 16.2. The number of hydrogen-bond acceptors (Lipinski definition) is 4. The first-order valence-corrected chi connectivity index (χ1v) is 8.25. The average molecular weight is 332 g/mol. The molecular weight excluding hydrogens is 310 g/mol. The van der Waals surface area contributed by atoms with Crippen LogP contribution in [0.3, 0.4) is 0 Å². The van der Waals surface area contributed by atoms with Crippen molar-refractivity contribution < 1.29 is 4.74 Å². The third-order valence-electron chi connectivity index (χ3n) is 4.17. The van der Waals surface area contributed by atoms with Crippen molar-refractivity contribution >= 4 is 11.6 Å². The number of pyridine rings is 1. The molecule has 0 bridgehead atoms. The Bertz CT molecular complexity index is 677. The second kappa shape index (κ2) is 7.30. The summed E-state index contributed by atoms with van der Waals surface area (Å²) in [4.78, 5) is 7.10. The number of aryl methyl sites for hydroxylation is 1. The van der Waals surface area contributed by atoms with E-state index in [2.05, 4.69) is 27.3 Å². The summed E-state index contributed by atoms with van der Waals surface area (Å²) in [6.07, 6.45) is 0. The van der Waals surface area contributed by atoms with E-state index in [-0.39, 0.29) is 0 Å². The average Bonchev–Trinajstić information content (AvgIpc) is 2.55. The molecule has 0 saturated carbocycles. The molecule has 1 saturated heterocycles. The van der Waals surface area contributed by atoms with Crippen LogP contribution in [-0.2, 0) is 6.54 Å². The minimum absolute atomic E-state index is 0.302. The van der Waals surface area contributed by atoms with Crippen LogP contribution in [0.4, 0.5) is 0 Å². The van der Waals surface area contributed by atoms with Gasteiger partial charge < -0.3 is 10.1 Å². The minimum Gasteiger partial charge on any atom is -0.497 e. The Balaban J connectivity index is 1.83. The van der Waals surface area contributed by atoms with Gasteiger partial charge in [0.1, 0.15) is 5.75 Å². The van der Waals surface area contributed by atoms with Crippen LogP contribution in [0.2, 0.25) is 5.02 Å². The molecule has 1 N–H and O–H groups in total. The molecule has 122 valence electrons. The summed E-state index contributed by atoms with van der Waals surface area (Å²) in [7, 11) is 1.69. The summed E-state index contributed by atoms with van der Waals surface area (Å²) in [5.41, 5.74) is 3.26. The summed E-state index contributed by atoms with van der Waals surface area (Å²) in [6.45, 7) is 5.69. The smallest absolute Gasteiger partial charge is 0.122 e. The maximum absolute atomic E-state index is 6.16. The van der Waals surface area contributed by atoms with E-state index in [9.17, 15) is 0 Å². The molecule has 23 heavy (non-hydrogen) atoms. The quantitative estimate of drug-likeness (QED) is 0.933. The van der Waals surface area contributed by atoms with Gasteiger partial charge in [-0.25, -0.2) is 0 Å². The molecule has 1 aliphatic rings. The number of piperazine rings is 1. The summed E-state index contributed by atoms with van der Waals surface area (Å²) in [5, 5.41) is 4.25. The lowest BCUT2D eigenvalue weighted by molar-refractivity contribution is 0.151. The van der Waals surface area contributed by atoms with Gasteiger partial charge in [0.15, 0.2) is 0 Å². The molecule has 0 spiro atoms. The van der Waals surface area contributed by atoms with E-state index < -0.39 is 0 Å². The SMILES string of the molecule is COc1cc(C)nc(CN2CCNCC2c2cccc(Cl)c2)c1. The Kier molecular flexibility index (Phi) is 5.16. The van der Waals surface area contributed by atoms with Gasteiger partial charge in [0.05, 0.1) is 12.8 Å². The largest absolute Gasteiger partial charge is 0.497 e. The number of ether oxygens (including phenoxy) is 1. The number of nitrogens with zero attached hydrogens (tertiary/aromatic N) is 2. The summed E-state index contributed by atoms with van der Waals surface area (Å²) >= 11 is 6.16. The predicted octanol–water partition coefficient (Wildman–Crippen LogP) is 3.20. The molecule has 3 rings (SSSR count). The van der Waals surface area contributed by atoms with Gasteiger partial charge in [-0.1, -0.05) is 23.7 Å². The summed E-state index contributed by atoms with van der Waals surface area (Å²) < 4.78 is 5.36. The zero-order valence-electron chi connectivity index (χ0n) is 13.6. The molecule has 0 aliphatic carbocycles. The molecule has 1 aliphatic heterocycles. The molecule has 4 nitrogen and oxygen atoms in total. The molecule has 1 atom stereocenters. The van der Waals surface area contributed by atoms with Crippen molar-refractivity contribution in [2.24, 2.45) is 0 Å². The molecule has 0 radical (unpaired) electrons. The second-order valence-electron chi connectivity index (χ2n) is 5.89. The van der Waals surface area contributed by atoms with Crippen LogP contribution in [0.25, 0.3) is 0 Å². The van der Waals surface area contributed by atoms with Gasteiger partial charge in [-0.3, -0.25) is 9.88 Å². The zero-order valence-corrected chi connectivity index (χ0v) is 14.3. The lowest BCUT2D eigenvalue weighted by atomic mass is 10.0. The van der Waals surface area contributed by atoms with Crippen LogP contribution in [0.5, 0.6) is 5.75 Å². The van der Waals surface area contributed by atoms with Crippen molar-refractivity contribution in [3.63, 3.8) is 0 Å². The third kappa shape index (κ3) is 4.02. The number of benzene rings is 1. The highest BCUT2D eigenvalue weighted by molar-refractivity contribution is 6.30. The van der Waals surface area contributed by atoms with Crippen LogP contribution in [-0.4, -0.2) is 36.6 Å². The lowest BCUT2D eigenvalue weighted by Crippen LogP contribution is -2.45. The van der Waals surface area contributed by atoms with E-state index in [1.165, 1.54) is 5.56 Å². The third-order valence-corrected chi connectivity index (χ3v) is 4.40. The van der Waals surface area contributed by atoms with Crippen molar-refractivity contribution in [3.05, 3.63) is 58.4 Å². The van der Waals surface area contributed by atoms with Gasteiger partial charge in [0.2, 0.25) is 0 Å². The zero-order chi connectivity index (χ0) is 16.2. The summed E-state index contributed by atoms with van der Waals surface area (Å²) in [6, 6.07) is 12.4. The number of rotatable bonds is 4. The fourth-order valence-electron chi connectivity index (χ4n) is 3.09. The summed E-state index contributed by atoms with van der Waals surface area (Å²) in [5.74, 6) is 0.863. The van der Waals surface area contributed by atoms with Gasteiger partial charge in [-0.2, -0.15) is 0 Å². The van der Waals surface area contributed by atoms with Crippen LogP contribution >= 0.6 is 11.6 Å². The molecule has 1 aromatic carbocycles. The molecule has 2 heterocycles. The Morgan fingerprint density at radius 3 is 3.00 bits per heavy atom. The number of aromatic nitrogens is 1. The molecule has 5 heteroatoms. The van der Waals surface area contributed by atoms with Gasteiger partial charge in [0.25, 0.3) is 0 Å². The Hall–Kier alpha value is -1.62. The first-order valence-electron chi connectivity index (χ1n) is 7.87. The fourth-order valence-corrected chi connectivity index (χ4v) is 3.29. The second-order valence-corrected chi connectivity index (χ2v) is 6.32. The standard InChI is InChI=1S/C18H22ClN3O/c1-13-8-17(23-2)10-16(21-13)12-22-7-6-20-11-18(22)14-4-3-5-15(19)9-14/h3-5,8-10,18,20H,6-7,11-12H2,1-2H3. The molecule has 1 aromatic heterocycles. The number of halogens is 1. The topological polar surface area (TPSA) is 37.4 Å². The molecule has 2 aromatic rings. The van der Waals surface area contributed by atoms with Crippen molar-refractivity contribution in [1.29, 1.82) is 0 Å². The highest BCUT2D eigenvalue weighted by Crippen LogP contribution is 2.26. The first-order chi connectivity index (χ1) is 11.2. The van der Waals surface area contributed by atoms with E-state index in [1.807, 2.05) is 31.2 Å². The van der Waals surface area contributed by atoms with Crippen molar-refractivity contribution in [1.82, 2.24) is 15.2 Å². The highest BCUT2D eigenvalue weighted by atomic mass is 35.5. The van der Waals surface area contributed by atoms with Crippen LogP contribution < -0.4 is 10.1 Å². The minimum atomic E-state index is 0.302. The highest BCUT2D eigenvalue weighted by Gasteiger charge is 2.24. The predicted molar refractivity (Wildman–Crippen MR) is 93.0 cm³/mol. The maximum atomic E-state index is 6.16. The molecule has 1 unspecified atom stereocenters. The number of nitrogens with one attached hydrogen (secondary N) is 1. The molecular formula is C18H22ClN3O. The van der Waals surface area contributed by atoms with Crippen molar-refractivity contribution in [2.45, 2.75) is 19.5 Å². The van der Waals surface area contributed by atoms with Gasteiger partial charge in [-0.15, -0.1) is 0 Å². The monoisotopic (exact) mass is 331 g/mol. The van der Waals surface area contributed by atoms with E-state index in [1.54, 1.807) is 7.11 Å². The van der Waals surface area contributed by atoms with E-state index in [0.717, 1.165) is 48.3 Å². The van der Waals surface area contributed by atoms with Gasteiger partial charge in [0, 0.05) is 55.1 Å². The normalized spacial score (nSPS) is 18.8. The molecule has 0 amide bonds. The van der Waals surface area contributed by atoms with Crippen LogP contribution in [0, 0.1) is 6.92 Å². The number of methoxy groups -OCH3 is 1. The maximum Gasteiger partial charge on any atom is 0.122 e. The van der Waals surface area contributed by atoms with E-state index >= 15 is 0 Å². The van der Waals surface area contributed by atoms with E-state index in [0.29, 0.717) is 6.04 Å². The van der Waals surface area contributed by atoms with Crippen LogP contribution in [0.1, 0.15) is 23.0 Å². The van der Waals surface area contributed by atoms with Crippen molar-refractivity contribution in [3.8, 4) is 5.75 Å². The van der Waals surface area contributed by atoms with Crippen LogP contribution in [0.15, 0.2) is 36.4 Å². The Morgan fingerprint density at radius 1 is 1.35 bits per heavy atom. The van der Waals surface area contributed by atoms with Gasteiger partial charge >= 0.3 is 0 Å². The Labute approximate surface area is 142 Å². The number of hydrogen-bond donors (Lipinski definition) is 1. The lowest BCUT2D eigenvalue weighted by Gasteiger charge is -2.36. The fraction of sp³-hybridized carbons (Fsp3) is 0.389. The van der Waals surface area contributed by atoms with Gasteiger partial charge in [-0.05, 0) is 24.6 Å². The molecule has 1 fully saturated rings. The van der Waals surface area contributed by atoms with E-state index in [4.69, 9.17) is 16.3 Å². The Morgan fingerprint density at radius 2 is 2.22 bits per heavy atom. The van der Waals surface area contributed by atoms with Crippen molar-refractivity contribution in [2.75, 3.05) is 26.7 Å².